The molecule has 0 amide bonds. The van der Waals surface area contributed by atoms with Gasteiger partial charge in [-0.05, 0) is 41.3 Å². The van der Waals surface area contributed by atoms with Gasteiger partial charge in [-0.15, -0.1) is 0 Å². The number of hydrogen-bond acceptors (Lipinski definition) is 3. The van der Waals surface area contributed by atoms with Gasteiger partial charge in [-0.2, -0.15) is 0 Å². The molecule has 3 aromatic rings. The van der Waals surface area contributed by atoms with Gasteiger partial charge in [0.25, 0.3) is 0 Å². The summed E-state index contributed by atoms with van der Waals surface area (Å²) in [5.41, 5.74) is 4.53. The summed E-state index contributed by atoms with van der Waals surface area (Å²) in [4.78, 5) is 2.17. The summed E-state index contributed by atoms with van der Waals surface area (Å²) in [5.74, 6) is -0.242. The zero-order chi connectivity index (χ0) is 20.5. The molecule has 0 spiro atoms. The van der Waals surface area contributed by atoms with Crippen LogP contribution in [0.1, 0.15) is 22.3 Å². The Bertz CT molecular complexity index is 868. The molecule has 0 unspecified atom stereocenters. The van der Waals surface area contributed by atoms with E-state index in [2.05, 4.69) is 24.0 Å². The third-order valence-electron chi connectivity index (χ3n) is 4.87. The van der Waals surface area contributed by atoms with Crippen LogP contribution in [0.5, 0.6) is 0 Å². The Hall–Kier alpha value is -2.53. The van der Waals surface area contributed by atoms with Crippen molar-refractivity contribution in [3.63, 3.8) is 0 Å². The van der Waals surface area contributed by atoms with Gasteiger partial charge in [0.05, 0.1) is 19.3 Å². The minimum Gasteiger partial charge on any atom is -0.389 e. The number of rotatable bonds is 10. The highest BCUT2D eigenvalue weighted by Crippen LogP contribution is 2.15. The lowest BCUT2D eigenvalue weighted by Gasteiger charge is -2.26. The summed E-state index contributed by atoms with van der Waals surface area (Å²) in [6, 6.07) is 24.7. The molecule has 0 aliphatic rings. The SMILES string of the molecule is Cc1ccccc1CN(Cc1ccc(F)cc1)C[C@H](O)COCc1ccccc1. The van der Waals surface area contributed by atoms with Crippen molar-refractivity contribution in [1.82, 2.24) is 4.90 Å². The van der Waals surface area contributed by atoms with Gasteiger partial charge in [0.1, 0.15) is 5.82 Å². The van der Waals surface area contributed by atoms with Crippen LogP contribution in [0.4, 0.5) is 4.39 Å². The molecule has 0 aliphatic heterocycles. The molecule has 0 fully saturated rings. The Balaban J connectivity index is 1.60. The summed E-state index contributed by atoms with van der Waals surface area (Å²) in [5, 5.41) is 10.5. The molecular weight excluding hydrogens is 365 g/mol. The van der Waals surface area contributed by atoms with E-state index in [9.17, 15) is 9.50 Å². The summed E-state index contributed by atoms with van der Waals surface area (Å²) < 4.78 is 18.9. The molecule has 1 N–H and O–H groups in total. The van der Waals surface area contributed by atoms with Crippen LogP contribution in [0, 0.1) is 12.7 Å². The van der Waals surface area contributed by atoms with E-state index in [1.165, 1.54) is 23.3 Å². The predicted octanol–water partition coefficient (Wildman–Crippen LogP) is 4.71. The Labute approximate surface area is 172 Å². The molecule has 0 saturated carbocycles. The molecule has 1 atom stereocenters. The van der Waals surface area contributed by atoms with Crippen LogP contribution < -0.4 is 0 Å². The van der Waals surface area contributed by atoms with E-state index < -0.39 is 6.10 Å². The van der Waals surface area contributed by atoms with Gasteiger partial charge in [-0.3, -0.25) is 4.90 Å². The fourth-order valence-electron chi connectivity index (χ4n) is 3.30. The minimum atomic E-state index is -0.608. The molecule has 0 heterocycles. The first-order valence-corrected chi connectivity index (χ1v) is 9.91. The fraction of sp³-hybridized carbons (Fsp3) is 0.280. The summed E-state index contributed by atoms with van der Waals surface area (Å²) >= 11 is 0. The van der Waals surface area contributed by atoms with Gasteiger partial charge in [0.2, 0.25) is 0 Å². The second-order valence-electron chi connectivity index (χ2n) is 7.38. The topological polar surface area (TPSA) is 32.7 Å². The highest BCUT2D eigenvalue weighted by atomic mass is 19.1. The maximum absolute atomic E-state index is 13.2. The highest BCUT2D eigenvalue weighted by Gasteiger charge is 2.14. The number of aryl methyl sites for hydroxylation is 1. The first kappa shape index (κ1) is 21.2. The fourth-order valence-corrected chi connectivity index (χ4v) is 3.30. The monoisotopic (exact) mass is 393 g/mol. The molecule has 3 rings (SSSR count). The quantitative estimate of drug-likeness (QED) is 0.541. The van der Waals surface area contributed by atoms with Gasteiger partial charge >= 0.3 is 0 Å². The summed E-state index contributed by atoms with van der Waals surface area (Å²) in [6.45, 7) is 4.64. The minimum absolute atomic E-state index is 0.242. The molecule has 0 aliphatic carbocycles. The third-order valence-corrected chi connectivity index (χ3v) is 4.87. The van der Waals surface area contributed by atoms with Crippen LogP contribution in [-0.4, -0.2) is 29.3 Å². The summed E-state index contributed by atoms with van der Waals surface area (Å²) in [6.07, 6.45) is -0.608. The highest BCUT2D eigenvalue weighted by molar-refractivity contribution is 5.25. The second-order valence-corrected chi connectivity index (χ2v) is 7.38. The lowest BCUT2D eigenvalue weighted by Crippen LogP contribution is -2.34. The maximum Gasteiger partial charge on any atom is 0.123 e. The number of hydrogen-bond donors (Lipinski definition) is 1. The molecule has 152 valence electrons. The lowest BCUT2D eigenvalue weighted by molar-refractivity contribution is 0.00709. The van der Waals surface area contributed by atoms with Crippen molar-refractivity contribution < 1.29 is 14.2 Å². The van der Waals surface area contributed by atoms with Crippen molar-refractivity contribution in [1.29, 1.82) is 0 Å². The van der Waals surface area contributed by atoms with Gasteiger partial charge in [-0.1, -0.05) is 66.7 Å². The summed E-state index contributed by atoms with van der Waals surface area (Å²) in [7, 11) is 0. The molecule has 4 heteroatoms. The van der Waals surface area contributed by atoms with Crippen LogP contribution >= 0.6 is 0 Å². The van der Waals surface area contributed by atoms with Crippen molar-refractivity contribution >= 4 is 0 Å². The van der Waals surface area contributed by atoms with E-state index in [1.807, 2.05) is 42.5 Å². The largest absolute Gasteiger partial charge is 0.389 e. The van der Waals surface area contributed by atoms with Gasteiger partial charge in [0.15, 0.2) is 0 Å². The number of aliphatic hydroxyl groups excluding tert-OH is 1. The Morgan fingerprint density at radius 1 is 0.862 bits per heavy atom. The number of ether oxygens (including phenoxy) is 1. The van der Waals surface area contributed by atoms with Crippen molar-refractivity contribution in [3.8, 4) is 0 Å². The molecule has 3 aromatic carbocycles. The van der Waals surface area contributed by atoms with E-state index in [0.717, 1.165) is 11.1 Å². The Kier molecular flexibility index (Phi) is 7.94. The second kappa shape index (κ2) is 10.9. The molecule has 29 heavy (non-hydrogen) atoms. The number of halogens is 1. The zero-order valence-corrected chi connectivity index (χ0v) is 16.8. The van der Waals surface area contributed by atoms with Crippen molar-refractivity contribution in [2.24, 2.45) is 0 Å². The number of aliphatic hydroxyl groups is 1. The molecule has 3 nitrogen and oxygen atoms in total. The normalized spacial score (nSPS) is 12.3. The first-order chi connectivity index (χ1) is 14.1. The van der Waals surface area contributed by atoms with Crippen LogP contribution in [0.2, 0.25) is 0 Å². The molecule has 0 saturated heterocycles. The van der Waals surface area contributed by atoms with E-state index in [1.54, 1.807) is 12.1 Å². The maximum atomic E-state index is 13.2. The Morgan fingerprint density at radius 3 is 2.28 bits per heavy atom. The molecule has 0 aromatic heterocycles. The molecule has 0 bridgehead atoms. The van der Waals surface area contributed by atoms with E-state index in [4.69, 9.17) is 4.74 Å². The van der Waals surface area contributed by atoms with Gasteiger partial charge in [-0.25, -0.2) is 4.39 Å². The van der Waals surface area contributed by atoms with Crippen LogP contribution in [0.25, 0.3) is 0 Å². The van der Waals surface area contributed by atoms with E-state index in [-0.39, 0.29) is 12.4 Å². The first-order valence-electron chi connectivity index (χ1n) is 9.91. The number of nitrogens with zero attached hydrogens (tertiary/aromatic N) is 1. The van der Waals surface area contributed by atoms with Crippen molar-refractivity contribution in [2.45, 2.75) is 32.7 Å². The standard InChI is InChI=1S/C25H28FNO2/c1-20-7-5-6-10-23(20)16-27(15-21-11-13-24(26)14-12-21)17-25(28)19-29-18-22-8-3-2-4-9-22/h2-14,25,28H,15-19H2,1H3/t25-/m0/s1. The smallest absolute Gasteiger partial charge is 0.123 e. The Morgan fingerprint density at radius 2 is 1.55 bits per heavy atom. The average Bonchev–Trinajstić information content (AvgIpc) is 2.72. The van der Waals surface area contributed by atoms with Crippen molar-refractivity contribution in [3.05, 3.63) is 107 Å². The van der Waals surface area contributed by atoms with Crippen LogP contribution in [0.15, 0.2) is 78.9 Å². The van der Waals surface area contributed by atoms with Gasteiger partial charge < -0.3 is 9.84 Å². The average molecular weight is 394 g/mol. The lowest BCUT2D eigenvalue weighted by atomic mass is 10.1. The third kappa shape index (κ3) is 7.09. The number of benzene rings is 3. The van der Waals surface area contributed by atoms with Crippen molar-refractivity contribution in [2.75, 3.05) is 13.2 Å². The zero-order valence-electron chi connectivity index (χ0n) is 16.8. The van der Waals surface area contributed by atoms with Crippen LogP contribution in [-0.2, 0) is 24.4 Å². The van der Waals surface area contributed by atoms with Crippen LogP contribution in [0.3, 0.4) is 0 Å². The predicted molar refractivity (Wildman–Crippen MR) is 114 cm³/mol. The van der Waals surface area contributed by atoms with Gasteiger partial charge in [0, 0.05) is 19.6 Å². The van der Waals surface area contributed by atoms with E-state index in [0.29, 0.717) is 26.2 Å². The molecule has 0 radical (unpaired) electrons. The molecular formula is C25H28FNO2. The van der Waals surface area contributed by atoms with E-state index >= 15 is 0 Å².